The lowest BCUT2D eigenvalue weighted by molar-refractivity contribution is 0.180. The fourth-order valence-electron chi connectivity index (χ4n) is 3.13. The molecule has 29 heavy (non-hydrogen) atoms. The number of hydrogen-bond donors (Lipinski definition) is 1. The first-order valence-corrected chi connectivity index (χ1v) is 12.4. The highest BCUT2D eigenvalue weighted by Crippen LogP contribution is 2.25. The van der Waals surface area contributed by atoms with Crippen LogP contribution in [0.3, 0.4) is 0 Å². The molecule has 7 nitrogen and oxygen atoms in total. The molecule has 0 amide bonds. The number of aromatic nitrogens is 1. The Kier molecular flexibility index (Phi) is 6.16. The van der Waals surface area contributed by atoms with Crippen molar-refractivity contribution < 1.29 is 13.2 Å². The van der Waals surface area contributed by atoms with E-state index in [-0.39, 0.29) is 0 Å². The molecule has 3 aromatic rings. The van der Waals surface area contributed by atoms with E-state index in [0.717, 1.165) is 22.3 Å². The third kappa shape index (κ3) is 4.78. The smallest absolute Gasteiger partial charge is 0.252 e. The Morgan fingerprint density at radius 1 is 1.10 bits per heavy atom. The molecule has 1 fully saturated rings. The predicted molar refractivity (Wildman–Crippen MR) is 117 cm³/mol. The van der Waals surface area contributed by atoms with Gasteiger partial charge >= 0.3 is 0 Å². The number of nitrogens with zero attached hydrogens (tertiary/aromatic N) is 3. The summed E-state index contributed by atoms with van der Waals surface area (Å²) in [4.78, 5) is 6.90. The van der Waals surface area contributed by atoms with Crippen LogP contribution in [0.5, 0.6) is 5.75 Å². The summed E-state index contributed by atoms with van der Waals surface area (Å²) in [6.45, 7) is 3.11. The molecule has 1 aliphatic rings. The number of thiophene rings is 1. The fraction of sp³-hybridized carbons (Fsp3) is 0.316. The second kappa shape index (κ2) is 8.80. The van der Waals surface area contributed by atoms with Crippen molar-refractivity contribution in [3.8, 4) is 5.75 Å². The molecule has 0 bridgehead atoms. The average molecular weight is 451 g/mol. The van der Waals surface area contributed by atoms with Crippen LogP contribution in [0.25, 0.3) is 0 Å². The van der Waals surface area contributed by atoms with Crippen molar-refractivity contribution in [1.29, 1.82) is 0 Å². The van der Waals surface area contributed by atoms with E-state index in [9.17, 15) is 8.42 Å². The summed E-state index contributed by atoms with van der Waals surface area (Å²) in [5, 5.41) is 7.98. The van der Waals surface area contributed by atoms with E-state index in [1.165, 1.54) is 11.3 Å². The van der Waals surface area contributed by atoms with Gasteiger partial charge in [-0.05, 0) is 35.7 Å². The van der Waals surface area contributed by atoms with Gasteiger partial charge in [-0.3, -0.25) is 4.90 Å². The van der Waals surface area contributed by atoms with Gasteiger partial charge in [0.15, 0.2) is 5.13 Å². The Morgan fingerprint density at radius 3 is 2.52 bits per heavy atom. The van der Waals surface area contributed by atoms with Crippen molar-refractivity contribution >= 4 is 43.5 Å². The molecule has 1 aliphatic heterocycles. The molecule has 0 unspecified atom stereocenters. The molecule has 1 saturated heterocycles. The molecule has 0 saturated carbocycles. The zero-order valence-corrected chi connectivity index (χ0v) is 18.4. The van der Waals surface area contributed by atoms with Gasteiger partial charge in [-0.25, -0.2) is 13.4 Å². The van der Waals surface area contributed by atoms with Crippen LogP contribution in [0, 0.1) is 0 Å². The normalized spacial score (nSPS) is 16.0. The topological polar surface area (TPSA) is 74.8 Å². The molecular formula is C19H22N4O3S3. The molecule has 3 heterocycles. The Labute approximate surface area is 178 Å². The van der Waals surface area contributed by atoms with E-state index in [4.69, 9.17) is 4.74 Å². The molecule has 4 rings (SSSR count). The van der Waals surface area contributed by atoms with Crippen LogP contribution in [-0.4, -0.2) is 55.9 Å². The van der Waals surface area contributed by atoms with Crippen molar-refractivity contribution in [1.82, 2.24) is 14.2 Å². The van der Waals surface area contributed by atoms with Gasteiger partial charge in [0.1, 0.15) is 9.96 Å². The third-order valence-corrected chi connectivity index (χ3v) is 8.78. The Morgan fingerprint density at radius 2 is 1.86 bits per heavy atom. The number of rotatable bonds is 7. The highest BCUT2D eigenvalue weighted by molar-refractivity contribution is 7.91. The van der Waals surface area contributed by atoms with Gasteiger partial charge < -0.3 is 10.1 Å². The van der Waals surface area contributed by atoms with Gasteiger partial charge in [-0.1, -0.05) is 6.07 Å². The Balaban J connectivity index is 1.31. The maximum absolute atomic E-state index is 12.6. The number of nitrogens with one attached hydrogen (secondary N) is 1. The molecule has 0 aliphatic carbocycles. The van der Waals surface area contributed by atoms with Gasteiger partial charge in [0.05, 0.1) is 12.8 Å². The lowest BCUT2D eigenvalue weighted by atomic mass is 10.3. The van der Waals surface area contributed by atoms with Crippen molar-refractivity contribution in [3.05, 3.63) is 52.9 Å². The van der Waals surface area contributed by atoms with E-state index in [0.29, 0.717) is 36.9 Å². The van der Waals surface area contributed by atoms with E-state index in [2.05, 4.69) is 15.2 Å². The molecule has 0 radical (unpaired) electrons. The average Bonchev–Trinajstić information content (AvgIpc) is 3.42. The number of anilines is 2. The van der Waals surface area contributed by atoms with Crippen LogP contribution in [0.2, 0.25) is 0 Å². The summed E-state index contributed by atoms with van der Waals surface area (Å²) in [5.41, 5.74) is 1.94. The summed E-state index contributed by atoms with van der Waals surface area (Å²) in [6, 6.07) is 11.1. The minimum Gasteiger partial charge on any atom is -0.497 e. The van der Waals surface area contributed by atoms with E-state index in [1.54, 1.807) is 40.3 Å². The van der Waals surface area contributed by atoms with E-state index >= 15 is 0 Å². The summed E-state index contributed by atoms with van der Waals surface area (Å²) in [7, 11) is -1.71. The van der Waals surface area contributed by atoms with Crippen molar-refractivity contribution in [3.63, 3.8) is 0 Å². The zero-order valence-electron chi connectivity index (χ0n) is 15.9. The quantitative estimate of drug-likeness (QED) is 0.594. The SMILES string of the molecule is COc1ccc(Nc2nc(CN3CCN(S(=O)(=O)c4cccs4)CC3)cs2)cc1. The summed E-state index contributed by atoms with van der Waals surface area (Å²) < 4.78 is 32.4. The molecule has 154 valence electrons. The van der Waals surface area contributed by atoms with E-state index in [1.807, 2.05) is 29.6 Å². The molecule has 2 aromatic heterocycles. The van der Waals surface area contributed by atoms with Gasteiger partial charge in [-0.2, -0.15) is 4.31 Å². The third-order valence-electron chi connectivity index (χ3n) is 4.70. The highest BCUT2D eigenvalue weighted by atomic mass is 32.2. The van der Waals surface area contributed by atoms with Gasteiger partial charge in [0, 0.05) is 43.8 Å². The van der Waals surface area contributed by atoms with Gasteiger partial charge in [0.25, 0.3) is 10.0 Å². The standard InChI is InChI=1S/C19H22N4O3S3/c1-26-17-6-4-15(5-7-17)20-19-21-16(14-28-19)13-22-8-10-23(11-9-22)29(24,25)18-3-2-12-27-18/h2-7,12,14H,8-11,13H2,1H3,(H,20,21). The van der Waals surface area contributed by atoms with Crippen LogP contribution in [0.15, 0.2) is 51.4 Å². The van der Waals surface area contributed by atoms with Crippen LogP contribution in [0.4, 0.5) is 10.8 Å². The van der Waals surface area contributed by atoms with Crippen LogP contribution in [0.1, 0.15) is 5.69 Å². The maximum Gasteiger partial charge on any atom is 0.252 e. The Hall–Kier alpha value is -1.98. The molecule has 0 spiro atoms. The summed E-state index contributed by atoms with van der Waals surface area (Å²) >= 11 is 2.83. The highest BCUT2D eigenvalue weighted by Gasteiger charge is 2.29. The minimum atomic E-state index is -3.36. The second-order valence-corrected chi connectivity index (χ2v) is 10.6. The number of ether oxygens (including phenoxy) is 1. The molecular weight excluding hydrogens is 428 g/mol. The van der Waals surface area contributed by atoms with Gasteiger partial charge in [-0.15, -0.1) is 22.7 Å². The number of benzene rings is 1. The summed E-state index contributed by atoms with van der Waals surface area (Å²) in [6.07, 6.45) is 0. The summed E-state index contributed by atoms with van der Waals surface area (Å²) in [5.74, 6) is 0.815. The van der Waals surface area contributed by atoms with Crippen molar-refractivity contribution in [2.75, 3.05) is 38.6 Å². The van der Waals surface area contributed by atoms with Crippen molar-refractivity contribution in [2.45, 2.75) is 10.8 Å². The monoisotopic (exact) mass is 450 g/mol. The predicted octanol–water partition coefficient (Wildman–Crippen LogP) is 3.46. The lowest BCUT2D eigenvalue weighted by Crippen LogP contribution is -2.48. The van der Waals surface area contributed by atoms with E-state index < -0.39 is 10.0 Å². The minimum absolute atomic E-state index is 0.416. The maximum atomic E-state index is 12.6. The first-order valence-electron chi connectivity index (χ1n) is 9.16. The second-order valence-electron chi connectivity index (χ2n) is 6.61. The number of piperazine rings is 1. The first kappa shape index (κ1) is 20.3. The van der Waals surface area contributed by atoms with Crippen LogP contribution >= 0.6 is 22.7 Å². The molecule has 0 atom stereocenters. The van der Waals surface area contributed by atoms with Crippen molar-refractivity contribution in [2.24, 2.45) is 0 Å². The Bertz CT molecular complexity index is 1030. The molecule has 1 aromatic carbocycles. The van der Waals surface area contributed by atoms with Crippen LogP contribution < -0.4 is 10.1 Å². The zero-order chi connectivity index (χ0) is 20.3. The number of thiazole rings is 1. The first-order chi connectivity index (χ1) is 14.0. The number of sulfonamides is 1. The van der Waals surface area contributed by atoms with Crippen LogP contribution in [-0.2, 0) is 16.6 Å². The fourth-order valence-corrected chi connectivity index (χ4v) is 6.42. The number of methoxy groups -OCH3 is 1. The number of hydrogen-bond acceptors (Lipinski definition) is 8. The largest absolute Gasteiger partial charge is 0.497 e. The van der Waals surface area contributed by atoms with Gasteiger partial charge in [0.2, 0.25) is 0 Å². The molecule has 10 heteroatoms. The molecule has 1 N–H and O–H groups in total. The lowest BCUT2D eigenvalue weighted by Gasteiger charge is -2.33.